The molecule has 0 aliphatic carbocycles. The van der Waals surface area contributed by atoms with Crippen molar-refractivity contribution >= 4 is 11.6 Å². The zero-order valence-corrected chi connectivity index (χ0v) is 9.41. The van der Waals surface area contributed by atoms with Crippen LogP contribution in [-0.2, 0) is 10.6 Å². The molecular formula is C9H15ClN2O2. The second-order valence-corrected chi connectivity index (χ2v) is 3.82. The quantitative estimate of drug-likeness (QED) is 0.713. The molecule has 0 aliphatic rings. The molecule has 0 N–H and O–H groups in total. The Hall–Kier alpha value is -0.610. The highest BCUT2D eigenvalue weighted by Gasteiger charge is 2.13. The lowest BCUT2D eigenvalue weighted by atomic mass is 10.2. The van der Waals surface area contributed by atoms with Gasteiger partial charge in [-0.15, -0.1) is 11.6 Å². The molecule has 4 nitrogen and oxygen atoms in total. The Balaban J connectivity index is 2.47. The lowest BCUT2D eigenvalue weighted by molar-refractivity contribution is 0.0402. The zero-order chi connectivity index (χ0) is 10.6. The van der Waals surface area contributed by atoms with Crippen LogP contribution in [0.3, 0.4) is 0 Å². The Morgan fingerprint density at radius 3 is 2.64 bits per heavy atom. The molecule has 0 saturated heterocycles. The van der Waals surface area contributed by atoms with E-state index in [-0.39, 0.29) is 12.0 Å². The fraction of sp³-hybridized carbons (Fsp3) is 0.778. The van der Waals surface area contributed by atoms with Gasteiger partial charge in [-0.05, 0) is 12.8 Å². The van der Waals surface area contributed by atoms with E-state index in [1.807, 2.05) is 6.92 Å². The van der Waals surface area contributed by atoms with E-state index in [4.69, 9.17) is 20.9 Å². The normalized spacial score (nSPS) is 13.5. The van der Waals surface area contributed by atoms with Gasteiger partial charge in [-0.1, -0.05) is 19.0 Å². The highest BCUT2D eigenvalue weighted by molar-refractivity contribution is 6.16. The smallest absolute Gasteiger partial charge is 0.241 e. The molecule has 0 spiro atoms. The van der Waals surface area contributed by atoms with E-state index < -0.39 is 0 Å². The van der Waals surface area contributed by atoms with E-state index in [9.17, 15) is 0 Å². The molecule has 0 aliphatic heterocycles. The maximum Gasteiger partial charge on any atom is 0.241 e. The van der Waals surface area contributed by atoms with E-state index >= 15 is 0 Å². The van der Waals surface area contributed by atoms with Crippen LogP contribution in [-0.4, -0.2) is 16.7 Å². The van der Waals surface area contributed by atoms with Gasteiger partial charge in [-0.2, -0.15) is 4.98 Å². The molecule has 14 heavy (non-hydrogen) atoms. The molecule has 1 aromatic heterocycles. The standard InChI is InChI=1S/C9H15ClN2O2/c1-6(2)5-13-7(3)9-11-8(4-10)14-12-9/h6-7H,4-5H2,1-3H3/t7-/m1/s1. The first-order valence-corrected chi connectivity index (χ1v) is 5.17. The second-order valence-electron chi connectivity index (χ2n) is 3.55. The first kappa shape index (κ1) is 11.5. The zero-order valence-electron chi connectivity index (χ0n) is 8.66. The minimum atomic E-state index is -0.141. The summed E-state index contributed by atoms with van der Waals surface area (Å²) in [6.07, 6.45) is -0.141. The van der Waals surface area contributed by atoms with Gasteiger partial charge in [0.05, 0.1) is 0 Å². The van der Waals surface area contributed by atoms with E-state index in [1.54, 1.807) is 0 Å². The summed E-state index contributed by atoms with van der Waals surface area (Å²) in [5.41, 5.74) is 0. The molecule has 0 amide bonds. The highest BCUT2D eigenvalue weighted by atomic mass is 35.5. The van der Waals surface area contributed by atoms with Crippen molar-refractivity contribution in [3.8, 4) is 0 Å². The Kier molecular flexibility index (Phi) is 4.35. The number of hydrogen-bond acceptors (Lipinski definition) is 4. The summed E-state index contributed by atoms with van der Waals surface area (Å²) in [5.74, 6) is 1.73. The van der Waals surface area contributed by atoms with Gasteiger partial charge in [0.25, 0.3) is 0 Å². The predicted molar refractivity (Wildman–Crippen MR) is 53.1 cm³/mol. The van der Waals surface area contributed by atoms with Crippen LogP contribution in [0.2, 0.25) is 0 Å². The summed E-state index contributed by atoms with van der Waals surface area (Å²) < 4.78 is 10.4. The second kappa shape index (κ2) is 5.32. The summed E-state index contributed by atoms with van der Waals surface area (Å²) in [7, 11) is 0. The van der Waals surface area contributed by atoms with E-state index in [0.717, 1.165) is 0 Å². The first-order chi connectivity index (χ1) is 6.63. The molecule has 1 heterocycles. The Morgan fingerprint density at radius 1 is 1.43 bits per heavy atom. The van der Waals surface area contributed by atoms with Gasteiger partial charge in [0.15, 0.2) is 5.82 Å². The molecule has 1 atom stereocenters. The molecule has 0 bridgehead atoms. The lowest BCUT2D eigenvalue weighted by Gasteiger charge is -2.10. The molecule has 0 aromatic carbocycles. The van der Waals surface area contributed by atoms with Crippen LogP contribution >= 0.6 is 11.6 Å². The van der Waals surface area contributed by atoms with E-state index in [2.05, 4.69) is 24.0 Å². The van der Waals surface area contributed by atoms with E-state index in [1.165, 1.54) is 0 Å². The average molecular weight is 219 g/mol. The van der Waals surface area contributed by atoms with Gasteiger partial charge < -0.3 is 9.26 Å². The van der Waals surface area contributed by atoms with Crippen molar-refractivity contribution in [1.82, 2.24) is 10.1 Å². The molecule has 1 rings (SSSR count). The summed E-state index contributed by atoms with van der Waals surface area (Å²) in [5, 5.41) is 3.77. The average Bonchev–Trinajstić information content (AvgIpc) is 2.62. The molecule has 0 fully saturated rings. The van der Waals surface area contributed by atoms with Crippen LogP contribution in [0, 0.1) is 5.92 Å². The Labute approximate surface area is 88.6 Å². The van der Waals surface area contributed by atoms with Crippen LogP contribution in [0.5, 0.6) is 0 Å². The summed E-state index contributed by atoms with van der Waals surface area (Å²) >= 11 is 5.54. The van der Waals surface area contributed by atoms with Crippen molar-refractivity contribution in [3.63, 3.8) is 0 Å². The van der Waals surface area contributed by atoms with Gasteiger partial charge in [0.2, 0.25) is 5.89 Å². The number of halogens is 1. The lowest BCUT2D eigenvalue weighted by Crippen LogP contribution is -2.07. The van der Waals surface area contributed by atoms with Crippen LogP contribution in [0.4, 0.5) is 0 Å². The molecule has 80 valence electrons. The number of hydrogen-bond donors (Lipinski definition) is 0. The molecule has 0 unspecified atom stereocenters. The van der Waals surface area contributed by atoms with Gasteiger partial charge in [-0.3, -0.25) is 0 Å². The van der Waals surface area contributed by atoms with Crippen molar-refractivity contribution in [3.05, 3.63) is 11.7 Å². The van der Waals surface area contributed by atoms with Crippen molar-refractivity contribution < 1.29 is 9.26 Å². The molecule has 5 heteroatoms. The molecule has 1 aromatic rings. The fourth-order valence-corrected chi connectivity index (χ4v) is 1.01. The van der Waals surface area contributed by atoms with Crippen molar-refractivity contribution in [2.24, 2.45) is 5.92 Å². The Bertz CT molecular complexity index is 276. The summed E-state index contributed by atoms with van der Waals surface area (Å²) in [4.78, 5) is 4.07. The number of alkyl halides is 1. The number of ether oxygens (including phenoxy) is 1. The molecular weight excluding hydrogens is 204 g/mol. The first-order valence-electron chi connectivity index (χ1n) is 4.63. The van der Waals surface area contributed by atoms with Crippen LogP contribution < -0.4 is 0 Å². The van der Waals surface area contributed by atoms with Crippen molar-refractivity contribution in [1.29, 1.82) is 0 Å². The number of nitrogens with zero attached hydrogens (tertiary/aromatic N) is 2. The maximum absolute atomic E-state index is 5.54. The van der Waals surface area contributed by atoms with Crippen LogP contribution in [0.1, 0.15) is 38.6 Å². The minimum absolute atomic E-state index is 0.141. The van der Waals surface area contributed by atoms with E-state index in [0.29, 0.717) is 24.2 Å². The molecule has 0 radical (unpaired) electrons. The predicted octanol–water partition coefficient (Wildman–Crippen LogP) is 2.54. The molecule has 0 saturated carbocycles. The highest BCUT2D eigenvalue weighted by Crippen LogP contribution is 2.14. The maximum atomic E-state index is 5.54. The monoisotopic (exact) mass is 218 g/mol. The van der Waals surface area contributed by atoms with Gasteiger partial charge >= 0.3 is 0 Å². The van der Waals surface area contributed by atoms with Gasteiger partial charge in [0.1, 0.15) is 12.0 Å². The summed E-state index contributed by atoms with van der Waals surface area (Å²) in [6.45, 7) is 6.76. The SMILES string of the molecule is CC(C)CO[C@H](C)c1noc(CCl)n1. The van der Waals surface area contributed by atoms with Crippen molar-refractivity contribution in [2.75, 3.05) is 6.61 Å². The largest absolute Gasteiger partial charge is 0.370 e. The van der Waals surface area contributed by atoms with Crippen molar-refractivity contribution in [2.45, 2.75) is 32.8 Å². The van der Waals surface area contributed by atoms with Crippen LogP contribution in [0.15, 0.2) is 4.52 Å². The minimum Gasteiger partial charge on any atom is -0.370 e. The fourth-order valence-electron chi connectivity index (χ4n) is 0.899. The van der Waals surface area contributed by atoms with Gasteiger partial charge in [0, 0.05) is 6.61 Å². The Morgan fingerprint density at radius 2 is 2.14 bits per heavy atom. The van der Waals surface area contributed by atoms with Crippen LogP contribution in [0.25, 0.3) is 0 Å². The topological polar surface area (TPSA) is 48.2 Å². The number of aromatic nitrogens is 2. The third kappa shape index (κ3) is 3.27. The van der Waals surface area contributed by atoms with Gasteiger partial charge in [-0.25, -0.2) is 0 Å². The third-order valence-corrected chi connectivity index (χ3v) is 1.87. The summed E-state index contributed by atoms with van der Waals surface area (Å²) in [6, 6.07) is 0. The third-order valence-electron chi connectivity index (χ3n) is 1.64. The number of rotatable bonds is 5.